The summed E-state index contributed by atoms with van der Waals surface area (Å²) in [6.07, 6.45) is 1.86. The van der Waals surface area contributed by atoms with Crippen molar-refractivity contribution < 1.29 is 14.1 Å². The molecule has 1 saturated heterocycles. The summed E-state index contributed by atoms with van der Waals surface area (Å²) in [6, 6.07) is 1.77. The average molecular weight is 295 g/mol. The topological polar surface area (TPSA) is 89.5 Å². The van der Waals surface area contributed by atoms with Crippen molar-refractivity contribution in [2.75, 3.05) is 12.3 Å². The molecule has 0 radical (unpaired) electrons. The SMILES string of the molecule is CC1CCC(C)N(C(=O)c2cc(N)c(F)cc2[N+](=O)[O-])C1. The fraction of sp³-hybridized carbons (Fsp3) is 0.500. The number of amides is 1. The summed E-state index contributed by atoms with van der Waals surface area (Å²) in [7, 11) is 0. The number of nitrogens with two attached hydrogens (primary N) is 1. The highest BCUT2D eigenvalue weighted by molar-refractivity contribution is 5.99. The first-order valence-corrected chi connectivity index (χ1v) is 6.85. The Morgan fingerprint density at radius 2 is 2.10 bits per heavy atom. The lowest BCUT2D eigenvalue weighted by molar-refractivity contribution is -0.385. The summed E-state index contributed by atoms with van der Waals surface area (Å²) >= 11 is 0. The van der Waals surface area contributed by atoms with Crippen LogP contribution in [0.3, 0.4) is 0 Å². The molecule has 0 saturated carbocycles. The Hall–Kier alpha value is -2.18. The Balaban J connectivity index is 2.42. The molecule has 0 bridgehead atoms. The highest BCUT2D eigenvalue weighted by Gasteiger charge is 2.32. The summed E-state index contributed by atoms with van der Waals surface area (Å²) in [4.78, 5) is 24.5. The van der Waals surface area contributed by atoms with Crippen molar-refractivity contribution in [1.82, 2.24) is 4.90 Å². The Morgan fingerprint density at radius 3 is 2.71 bits per heavy atom. The molecule has 114 valence electrons. The van der Waals surface area contributed by atoms with Gasteiger partial charge in [-0.2, -0.15) is 0 Å². The zero-order valence-electron chi connectivity index (χ0n) is 12.0. The number of nitrogen functional groups attached to an aromatic ring is 1. The van der Waals surface area contributed by atoms with Crippen LogP contribution in [0.5, 0.6) is 0 Å². The van der Waals surface area contributed by atoms with Crippen LogP contribution < -0.4 is 5.73 Å². The van der Waals surface area contributed by atoms with Crippen molar-refractivity contribution in [3.8, 4) is 0 Å². The van der Waals surface area contributed by atoms with E-state index in [4.69, 9.17) is 5.73 Å². The molecule has 1 aliphatic rings. The van der Waals surface area contributed by atoms with Gasteiger partial charge in [-0.1, -0.05) is 6.92 Å². The Morgan fingerprint density at radius 1 is 1.43 bits per heavy atom. The predicted octanol–water partition coefficient (Wildman–Crippen LogP) is 2.58. The number of nitrogens with zero attached hydrogens (tertiary/aromatic N) is 2. The molecule has 6 nitrogen and oxygen atoms in total. The van der Waals surface area contributed by atoms with Gasteiger partial charge in [0, 0.05) is 12.6 Å². The summed E-state index contributed by atoms with van der Waals surface area (Å²) in [6.45, 7) is 4.47. The number of rotatable bonds is 2. The smallest absolute Gasteiger partial charge is 0.285 e. The van der Waals surface area contributed by atoms with Gasteiger partial charge < -0.3 is 10.6 Å². The van der Waals surface area contributed by atoms with Crippen LogP contribution in [0.1, 0.15) is 37.0 Å². The first-order chi connectivity index (χ1) is 9.81. The molecule has 2 unspecified atom stereocenters. The van der Waals surface area contributed by atoms with Gasteiger partial charge in [0.2, 0.25) is 0 Å². The van der Waals surface area contributed by atoms with Gasteiger partial charge in [0.25, 0.3) is 11.6 Å². The van der Waals surface area contributed by atoms with Crippen LogP contribution in [0, 0.1) is 21.8 Å². The number of piperidine rings is 1. The lowest BCUT2D eigenvalue weighted by Crippen LogP contribution is -2.45. The van der Waals surface area contributed by atoms with E-state index in [2.05, 4.69) is 0 Å². The van der Waals surface area contributed by atoms with Gasteiger partial charge in [-0.05, 0) is 31.7 Å². The molecule has 1 aromatic rings. The van der Waals surface area contributed by atoms with Gasteiger partial charge in [-0.25, -0.2) is 4.39 Å². The second-order valence-electron chi connectivity index (χ2n) is 5.64. The van der Waals surface area contributed by atoms with Crippen LogP contribution in [0.4, 0.5) is 15.8 Å². The predicted molar refractivity (Wildman–Crippen MR) is 76.4 cm³/mol. The maximum absolute atomic E-state index is 13.4. The maximum Gasteiger partial charge on any atom is 0.285 e. The largest absolute Gasteiger partial charge is 0.396 e. The van der Waals surface area contributed by atoms with Crippen LogP contribution in [0.15, 0.2) is 12.1 Å². The second-order valence-corrected chi connectivity index (χ2v) is 5.64. The van der Waals surface area contributed by atoms with E-state index in [1.54, 1.807) is 4.90 Å². The highest BCUT2D eigenvalue weighted by Crippen LogP contribution is 2.29. The number of carbonyl (C=O) groups excluding carboxylic acids is 1. The van der Waals surface area contributed by atoms with E-state index >= 15 is 0 Å². The number of carbonyl (C=O) groups is 1. The van der Waals surface area contributed by atoms with Gasteiger partial charge in [0.1, 0.15) is 5.56 Å². The number of halogens is 1. The molecule has 1 amide bonds. The fourth-order valence-electron chi connectivity index (χ4n) is 2.63. The molecule has 1 aliphatic heterocycles. The molecule has 0 aliphatic carbocycles. The molecular weight excluding hydrogens is 277 g/mol. The van der Waals surface area contributed by atoms with Crippen molar-refractivity contribution in [1.29, 1.82) is 0 Å². The third kappa shape index (κ3) is 2.96. The number of benzene rings is 1. The Bertz CT molecular complexity index is 591. The Kier molecular flexibility index (Phi) is 4.11. The van der Waals surface area contributed by atoms with Crippen molar-refractivity contribution in [3.05, 3.63) is 33.6 Å². The average Bonchev–Trinajstić information content (AvgIpc) is 2.43. The van der Waals surface area contributed by atoms with Crippen LogP contribution in [-0.2, 0) is 0 Å². The first kappa shape index (κ1) is 15.2. The van der Waals surface area contributed by atoms with Gasteiger partial charge in [0.05, 0.1) is 16.7 Å². The van der Waals surface area contributed by atoms with Crippen molar-refractivity contribution >= 4 is 17.3 Å². The molecular formula is C14H18FN3O3. The first-order valence-electron chi connectivity index (χ1n) is 6.85. The van der Waals surface area contributed by atoms with Crippen molar-refractivity contribution in [2.45, 2.75) is 32.7 Å². The molecule has 7 heteroatoms. The summed E-state index contributed by atoms with van der Waals surface area (Å²) < 4.78 is 13.4. The second kappa shape index (κ2) is 5.67. The molecule has 1 fully saturated rings. The highest BCUT2D eigenvalue weighted by atomic mass is 19.1. The molecule has 2 atom stereocenters. The third-order valence-electron chi connectivity index (χ3n) is 3.92. The number of nitro benzene ring substituents is 1. The monoisotopic (exact) mass is 295 g/mol. The third-order valence-corrected chi connectivity index (χ3v) is 3.92. The lowest BCUT2D eigenvalue weighted by atomic mass is 9.94. The maximum atomic E-state index is 13.4. The van der Waals surface area contributed by atoms with Gasteiger partial charge in [0.15, 0.2) is 5.82 Å². The number of anilines is 1. The molecule has 1 heterocycles. The van der Waals surface area contributed by atoms with Gasteiger partial charge >= 0.3 is 0 Å². The van der Waals surface area contributed by atoms with Crippen molar-refractivity contribution in [2.24, 2.45) is 5.92 Å². The van der Waals surface area contributed by atoms with E-state index in [9.17, 15) is 19.3 Å². The van der Waals surface area contributed by atoms with E-state index in [-0.39, 0.29) is 17.3 Å². The number of hydrogen-bond acceptors (Lipinski definition) is 4. The minimum absolute atomic E-state index is 0.000387. The summed E-state index contributed by atoms with van der Waals surface area (Å²) in [5.41, 5.74) is 4.49. The quantitative estimate of drug-likeness (QED) is 0.516. The zero-order chi connectivity index (χ0) is 15.7. The van der Waals surface area contributed by atoms with E-state index in [0.717, 1.165) is 18.9 Å². The molecule has 0 aromatic heterocycles. The van der Waals surface area contributed by atoms with E-state index in [0.29, 0.717) is 18.5 Å². The van der Waals surface area contributed by atoms with E-state index in [1.165, 1.54) is 0 Å². The van der Waals surface area contributed by atoms with Crippen LogP contribution in [-0.4, -0.2) is 28.3 Å². The Labute approximate surface area is 121 Å². The molecule has 21 heavy (non-hydrogen) atoms. The standard InChI is InChI=1S/C14H18FN3O3/c1-8-3-4-9(2)17(7-8)14(19)10-5-12(16)11(15)6-13(10)18(20)21/h5-6,8-9H,3-4,7,16H2,1-2H3. The lowest BCUT2D eigenvalue weighted by Gasteiger charge is -2.36. The number of nitro groups is 1. The van der Waals surface area contributed by atoms with Gasteiger partial charge in [-0.3, -0.25) is 14.9 Å². The van der Waals surface area contributed by atoms with E-state index in [1.807, 2.05) is 13.8 Å². The number of hydrogen-bond donors (Lipinski definition) is 1. The molecule has 0 spiro atoms. The van der Waals surface area contributed by atoms with Crippen LogP contribution in [0.2, 0.25) is 0 Å². The van der Waals surface area contributed by atoms with Crippen LogP contribution >= 0.6 is 0 Å². The number of likely N-dealkylation sites (tertiary alicyclic amines) is 1. The molecule has 2 N–H and O–H groups in total. The molecule has 2 rings (SSSR count). The van der Waals surface area contributed by atoms with Gasteiger partial charge in [-0.15, -0.1) is 0 Å². The van der Waals surface area contributed by atoms with E-state index < -0.39 is 22.3 Å². The summed E-state index contributed by atoms with van der Waals surface area (Å²) in [5.74, 6) is -1.02. The fourth-order valence-corrected chi connectivity index (χ4v) is 2.63. The van der Waals surface area contributed by atoms with Crippen LogP contribution in [0.25, 0.3) is 0 Å². The molecule has 1 aromatic carbocycles. The van der Waals surface area contributed by atoms with Crippen molar-refractivity contribution in [3.63, 3.8) is 0 Å². The normalized spacial score (nSPS) is 22.1. The summed E-state index contributed by atoms with van der Waals surface area (Å²) in [5, 5.41) is 11.0. The minimum Gasteiger partial charge on any atom is -0.396 e. The zero-order valence-corrected chi connectivity index (χ0v) is 12.0. The minimum atomic E-state index is -0.890.